The van der Waals surface area contributed by atoms with E-state index in [2.05, 4.69) is 22.2 Å². The van der Waals surface area contributed by atoms with Crippen LogP contribution in [-0.4, -0.2) is 29.7 Å². The molecule has 2 fully saturated rings. The molecule has 0 N–H and O–H groups in total. The molecule has 0 aliphatic carbocycles. The molecule has 1 aromatic heterocycles. The van der Waals surface area contributed by atoms with Crippen LogP contribution in [0.3, 0.4) is 0 Å². The van der Waals surface area contributed by atoms with Gasteiger partial charge in [0.1, 0.15) is 0 Å². The number of fused-ring (bicyclic) bond motifs is 2. The highest BCUT2D eigenvalue weighted by Gasteiger charge is 2.36. The van der Waals surface area contributed by atoms with E-state index in [0.717, 1.165) is 17.6 Å². The summed E-state index contributed by atoms with van der Waals surface area (Å²) in [4.78, 5) is 2.54. The fourth-order valence-corrected chi connectivity index (χ4v) is 2.57. The van der Waals surface area contributed by atoms with Gasteiger partial charge in [0.2, 0.25) is 0 Å². The van der Waals surface area contributed by atoms with Crippen LogP contribution in [0.5, 0.6) is 0 Å². The van der Waals surface area contributed by atoms with Crippen LogP contribution in [0.15, 0.2) is 22.9 Å². The van der Waals surface area contributed by atoms with Gasteiger partial charge in [0.05, 0.1) is 6.20 Å². The third-order valence-electron chi connectivity index (χ3n) is 3.35. The fraction of sp³-hybridized carbons (Fsp3) is 0.545. The molecule has 3 heterocycles. The fourth-order valence-electron chi connectivity index (χ4n) is 2.57. The molecular weight excluding hydrogens is 176 g/mol. The lowest BCUT2D eigenvalue weighted by Gasteiger charge is -2.18. The van der Waals surface area contributed by atoms with Crippen LogP contribution < -0.4 is 0 Å². The van der Waals surface area contributed by atoms with E-state index in [-0.39, 0.29) is 0 Å². The van der Waals surface area contributed by atoms with Crippen molar-refractivity contribution in [2.75, 3.05) is 19.6 Å². The van der Waals surface area contributed by atoms with Gasteiger partial charge in [-0.15, -0.1) is 0 Å². The van der Waals surface area contributed by atoms with Crippen molar-refractivity contribution in [1.82, 2.24) is 10.1 Å². The van der Waals surface area contributed by atoms with Crippen LogP contribution in [0.2, 0.25) is 0 Å². The molecule has 0 radical (unpaired) electrons. The highest BCUT2D eigenvalue weighted by atomic mass is 16.5. The van der Waals surface area contributed by atoms with Gasteiger partial charge in [-0.05, 0) is 30.9 Å². The molecule has 2 aliphatic rings. The topological polar surface area (TPSA) is 29.3 Å². The first kappa shape index (κ1) is 8.24. The average Bonchev–Trinajstić information content (AvgIpc) is 2.91. The second-order valence-electron chi connectivity index (χ2n) is 4.25. The predicted octanol–water partition coefficient (Wildman–Crippen LogP) is 1.64. The van der Waals surface area contributed by atoms with E-state index in [9.17, 15) is 0 Å². The summed E-state index contributed by atoms with van der Waals surface area (Å²) < 4.78 is 5.02. The summed E-state index contributed by atoms with van der Waals surface area (Å²) in [5, 5.41) is 3.68. The van der Waals surface area contributed by atoms with Crippen LogP contribution in [0.1, 0.15) is 12.2 Å². The van der Waals surface area contributed by atoms with Crippen molar-refractivity contribution in [3.63, 3.8) is 0 Å². The van der Waals surface area contributed by atoms with Crippen LogP contribution in [0, 0.1) is 11.8 Å². The van der Waals surface area contributed by atoms with Crippen molar-refractivity contribution in [2.45, 2.75) is 6.42 Å². The molecule has 0 amide bonds. The van der Waals surface area contributed by atoms with E-state index < -0.39 is 0 Å². The monoisotopic (exact) mass is 190 g/mol. The number of rotatable bonds is 2. The Morgan fingerprint density at radius 2 is 2.50 bits per heavy atom. The molecule has 0 saturated carbocycles. The molecule has 2 saturated heterocycles. The van der Waals surface area contributed by atoms with Crippen molar-refractivity contribution < 1.29 is 4.52 Å². The Labute approximate surface area is 83.4 Å². The zero-order valence-electron chi connectivity index (χ0n) is 8.10. The first-order chi connectivity index (χ1) is 6.92. The van der Waals surface area contributed by atoms with Gasteiger partial charge in [-0.25, -0.2) is 0 Å². The summed E-state index contributed by atoms with van der Waals surface area (Å²) in [7, 11) is 0. The quantitative estimate of drug-likeness (QED) is 0.710. The Bertz CT molecular complexity index is 331. The van der Waals surface area contributed by atoms with Gasteiger partial charge in [-0.2, -0.15) is 0 Å². The predicted molar refractivity (Wildman–Crippen MR) is 53.6 cm³/mol. The van der Waals surface area contributed by atoms with Crippen LogP contribution in [0.4, 0.5) is 0 Å². The van der Waals surface area contributed by atoms with E-state index in [1.807, 2.05) is 6.07 Å². The number of nitrogens with zero attached hydrogens (tertiary/aromatic N) is 2. The van der Waals surface area contributed by atoms with Gasteiger partial charge in [0.15, 0.2) is 5.76 Å². The zero-order valence-corrected chi connectivity index (χ0v) is 8.10. The third kappa shape index (κ3) is 1.38. The molecule has 3 atom stereocenters. The summed E-state index contributed by atoms with van der Waals surface area (Å²) in [5.74, 6) is 2.48. The van der Waals surface area contributed by atoms with Crippen molar-refractivity contribution in [2.24, 2.45) is 11.8 Å². The van der Waals surface area contributed by atoms with Gasteiger partial charge in [-0.1, -0.05) is 11.2 Å². The molecule has 3 nitrogen and oxygen atoms in total. The van der Waals surface area contributed by atoms with Crippen molar-refractivity contribution in [1.29, 1.82) is 0 Å². The number of hydrogen-bond acceptors (Lipinski definition) is 3. The number of piperidine rings is 1. The summed E-state index contributed by atoms with van der Waals surface area (Å²) in [6.45, 7) is 3.83. The number of hydrogen-bond donors (Lipinski definition) is 0. The molecular formula is C11H14N2O. The largest absolute Gasteiger partial charge is 0.357 e. The Morgan fingerprint density at radius 3 is 3.14 bits per heavy atom. The molecule has 2 bridgehead atoms. The summed E-state index contributed by atoms with van der Waals surface area (Å²) in [6.07, 6.45) is 7.39. The first-order valence-corrected chi connectivity index (χ1v) is 5.23. The van der Waals surface area contributed by atoms with Crippen LogP contribution >= 0.6 is 0 Å². The van der Waals surface area contributed by atoms with Crippen LogP contribution in [-0.2, 0) is 0 Å². The molecule has 3 rings (SSSR count). The van der Waals surface area contributed by atoms with Gasteiger partial charge in [0.25, 0.3) is 0 Å². The second-order valence-corrected chi connectivity index (χ2v) is 4.25. The smallest absolute Gasteiger partial charge is 0.159 e. The van der Waals surface area contributed by atoms with Crippen LogP contribution in [0.25, 0.3) is 6.08 Å². The minimum absolute atomic E-state index is 0.730. The normalized spacial score (nSPS) is 35.9. The lowest BCUT2D eigenvalue weighted by atomic mass is 9.92. The molecule has 14 heavy (non-hydrogen) atoms. The van der Waals surface area contributed by atoms with Crippen molar-refractivity contribution in [3.05, 3.63) is 24.1 Å². The Hall–Kier alpha value is -1.09. The van der Waals surface area contributed by atoms with E-state index >= 15 is 0 Å². The SMILES string of the molecule is C(=C\C1CN2CCC1C2)/c1ccno1. The average molecular weight is 190 g/mol. The summed E-state index contributed by atoms with van der Waals surface area (Å²) in [6, 6.07) is 1.89. The van der Waals surface area contributed by atoms with Gasteiger partial charge in [-0.3, -0.25) is 0 Å². The number of aromatic nitrogens is 1. The molecule has 2 aliphatic heterocycles. The molecule has 3 heteroatoms. The van der Waals surface area contributed by atoms with Crippen molar-refractivity contribution in [3.8, 4) is 0 Å². The molecule has 1 aromatic rings. The Kier molecular flexibility index (Phi) is 1.91. The van der Waals surface area contributed by atoms with Crippen molar-refractivity contribution >= 4 is 6.08 Å². The second kappa shape index (κ2) is 3.24. The maximum atomic E-state index is 5.02. The van der Waals surface area contributed by atoms with E-state index in [1.54, 1.807) is 6.20 Å². The molecule has 3 unspecified atom stereocenters. The maximum absolute atomic E-state index is 5.02. The summed E-state index contributed by atoms with van der Waals surface area (Å²) in [5.41, 5.74) is 0. The molecule has 0 spiro atoms. The Balaban J connectivity index is 1.68. The van der Waals surface area contributed by atoms with E-state index in [0.29, 0.717) is 0 Å². The maximum Gasteiger partial charge on any atom is 0.159 e. The highest BCUT2D eigenvalue weighted by molar-refractivity contribution is 5.42. The lowest BCUT2D eigenvalue weighted by molar-refractivity contribution is 0.334. The minimum Gasteiger partial charge on any atom is -0.357 e. The molecule has 74 valence electrons. The first-order valence-electron chi connectivity index (χ1n) is 5.23. The Morgan fingerprint density at radius 1 is 1.50 bits per heavy atom. The van der Waals surface area contributed by atoms with E-state index in [1.165, 1.54) is 26.1 Å². The lowest BCUT2D eigenvalue weighted by Crippen LogP contribution is -2.21. The highest BCUT2D eigenvalue weighted by Crippen LogP contribution is 2.33. The van der Waals surface area contributed by atoms with Gasteiger partial charge in [0, 0.05) is 19.2 Å². The zero-order chi connectivity index (χ0) is 9.38. The van der Waals surface area contributed by atoms with Gasteiger partial charge >= 0.3 is 0 Å². The summed E-state index contributed by atoms with van der Waals surface area (Å²) >= 11 is 0. The molecule has 0 aromatic carbocycles. The van der Waals surface area contributed by atoms with Gasteiger partial charge < -0.3 is 9.42 Å². The third-order valence-corrected chi connectivity index (χ3v) is 3.35. The van der Waals surface area contributed by atoms with E-state index in [4.69, 9.17) is 4.52 Å². The standard InChI is InChI=1S/C11H14N2O/c1(2-11-3-5-12-14-11)9-7-13-6-4-10(9)8-13/h1-3,5,9-10H,4,6-8H2/b2-1+. The minimum atomic E-state index is 0.730.